The van der Waals surface area contributed by atoms with E-state index < -0.39 is 11.8 Å². The average Bonchev–Trinajstić information content (AvgIpc) is 2.23. The minimum atomic E-state index is -0.675. The maximum atomic E-state index is 11.2. The van der Waals surface area contributed by atoms with E-state index >= 15 is 0 Å². The largest absolute Gasteiger partial charge is 0.355 e. The van der Waals surface area contributed by atoms with Crippen molar-refractivity contribution in [2.24, 2.45) is 0 Å². The van der Waals surface area contributed by atoms with Crippen molar-refractivity contribution in [3.05, 3.63) is 0 Å². The van der Waals surface area contributed by atoms with Gasteiger partial charge in [-0.1, -0.05) is 6.92 Å². The van der Waals surface area contributed by atoms with Gasteiger partial charge in [0.25, 0.3) is 0 Å². The molecule has 1 unspecified atom stereocenters. The van der Waals surface area contributed by atoms with E-state index in [4.69, 9.17) is 0 Å². The molecule has 0 rings (SSSR count). The van der Waals surface area contributed by atoms with E-state index in [2.05, 4.69) is 16.0 Å². The third-order valence-corrected chi connectivity index (χ3v) is 1.98. The summed E-state index contributed by atoms with van der Waals surface area (Å²) in [5.41, 5.74) is 0. The van der Waals surface area contributed by atoms with Crippen molar-refractivity contribution in [2.45, 2.75) is 33.2 Å². The van der Waals surface area contributed by atoms with Crippen molar-refractivity contribution in [2.75, 3.05) is 13.1 Å². The van der Waals surface area contributed by atoms with Crippen LogP contribution in [0, 0.1) is 0 Å². The van der Waals surface area contributed by atoms with E-state index in [-0.39, 0.29) is 18.5 Å². The van der Waals surface area contributed by atoms with Crippen molar-refractivity contribution < 1.29 is 14.4 Å². The Morgan fingerprint density at radius 2 is 1.62 bits per heavy atom. The van der Waals surface area contributed by atoms with Gasteiger partial charge in [-0.3, -0.25) is 14.4 Å². The summed E-state index contributed by atoms with van der Waals surface area (Å²) in [6.07, 6.45) is 0.769. The third kappa shape index (κ3) is 6.80. The zero-order valence-corrected chi connectivity index (χ0v) is 9.92. The first kappa shape index (κ1) is 14.4. The Morgan fingerprint density at radius 3 is 2.12 bits per heavy atom. The van der Waals surface area contributed by atoms with Crippen molar-refractivity contribution in [3.8, 4) is 0 Å². The maximum absolute atomic E-state index is 11.2. The fourth-order valence-corrected chi connectivity index (χ4v) is 0.886. The van der Waals surface area contributed by atoms with E-state index in [1.807, 2.05) is 13.8 Å². The fraction of sp³-hybridized carbons (Fsp3) is 0.700. The van der Waals surface area contributed by atoms with Crippen molar-refractivity contribution in [1.82, 2.24) is 16.0 Å². The lowest BCUT2D eigenvalue weighted by Gasteiger charge is -2.11. The lowest BCUT2D eigenvalue weighted by atomic mass is 10.2. The van der Waals surface area contributed by atoms with Gasteiger partial charge in [0.15, 0.2) is 0 Å². The highest BCUT2D eigenvalue weighted by molar-refractivity contribution is 6.35. The van der Waals surface area contributed by atoms with Crippen LogP contribution in [0.1, 0.15) is 27.2 Å². The van der Waals surface area contributed by atoms with Crippen molar-refractivity contribution in [1.29, 1.82) is 0 Å². The van der Waals surface area contributed by atoms with Crippen LogP contribution < -0.4 is 16.0 Å². The van der Waals surface area contributed by atoms with Crippen LogP contribution in [0.4, 0.5) is 0 Å². The summed E-state index contributed by atoms with van der Waals surface area (Å²) < 4.78 is 0. The fourth-order valence-electron chi connectivity index (χ4n) is 0.886. The van der Waals surface area contributed by atoms with Crippen LogP contribution in [0.15, 0.2) is 0 Å². The molecule has 0 heterocycles. The molecule has 0 spiro atoms. The highest BCUT2D eigenvalue weighted by atomic mass is 16.2. The zero-order valence-electron chi connectivity index (χ0n) is 9.92. The monoisotopic (exact) mass is 229 g/mol. The lowest BCUT2D eigenvalue weighted by Crippen LogP contribution is -2.45. The zero-order chi connectivity index (χ0) is 12.6. The molecule has 1 atom stereocenters. The summed E-state index contributed by atoms with van der Waals surface area (Å²) in [5.74, 6) is -1.49. The molecule has 0 aromatic carbocycles. The standard InChI is InChI=1S/C10H19N3O3/c1-4-7(2)13-10(16)9(15)12-6-5-11-8(3)14/h7H,4-6H2,1-3H3,(H,11,14)(H,12,15)(H,13,16). The number of hydrogen-bond donors (Lipinski definition) is 3. The van der Waals surface area contributed by atoms with Crippen LogP contribution in [0.3, 0.4) is 0 Å². The second kappa shape index (κ2) is 7.67. The molecular weight excluding hydrogens is 210 g/mol. The molecule has 6 heteroatoms. The Bertz CT molecular complexity index is 266. The highest BCUT2D eigenvalue weighted by Gasteiger charge is 2.14. The molecule has 0 aromatic heterocycles. The summed E-state index contributed by atoms with van der Waals surface area (Å²) in [7, 11) is 0. The molecular formula is C10H19N3O3. The van der Waals surface area contributed by atoms with Gasteiger partial charge in [0.2, 0.25) is 5.91 Å². The molecule has 0 bridgehead atoms. The van der Waals surface area contributed by atoms with E-state index in [1.165, 1.54) is 6.92 Å². The summed E-state index contributed by atoms with van der Waals surface area (Å²) in [6.45, 7) is 5.68. The number of carbonyl (C=O) groups is 3. The maximum Gasteiger partial charge on any atom is 0.309 e. The lowest BCUT2D eigenvalue weighted by molar-refractivity contribution is -0.139. The molecule has 92 valence electrons. The Morgan fingerprint density at radius 1 is 1.06 bits per heavy atom. The van der Waals surface area contributed by atoms with Gasteiger partial charge < -0.3 is 16.0 Å². The predicted molar refractivity (Wildman–Crippen MR) is 59.6 cm³/mol. The Hall–Kier alpha value is -1.59. The van der Waals surface area contributed by atoms with Gasteiger partial charge in [-0.25, -0.2) is 0 Å². The van der Waals surface area contributed by atoms with Crippen molar-refractivity contribution in [3.63, 3.8) is 0 Å². The van der Waals surface area contributed by atoms with E-state index in [9.17, 15) is 14.4 Å². The average molecular weight is 229 g/mol. The molecule has 0 fully saturated rings. The number of amides is 3. The number of nitrogens with one attached hydrogen (secondary N) is 3. The minimum absolute atomic E-state index is 0.0198. The van der Waals surface area contributed by atoms with Gasteiger partial charge in [-0.2, -0.15) is 0 Å². The predicted octanol–water partition coefficient (Wildman–Crippen LogP) is -0.847. The first-order valence-corrected chi connectivity index (χ1v) is 5.30. The van der Waals surface area contributed by atoms with Gasteiger partial charge in [-0.15, -0.1) is 0 Å². The smallest absolute Gasteiger partial charge is 0.309 e. The quantitative estimate of drug-likeness (QED) is 0.424. The molecule has 16 heavy (non-hydrogen) atoms. The molecule has 0 aliphatic heterocycles. The Kier molecular flexibility index (Phi) is 6.91. The molecule has 3 N–H and O–H groups in total. The normalized spacial score (nSPS) is 11.4. The second-order valence-electron chi connectivity index (χ2n) is 3.52. The molecule has 0 aliphatic carbocycles. The van der Waals surface area contributed by atoms with Gasteiger partial charge in [0.05, 0.1) is 0 Å². The first-order chi connectivity index (χ1) is 7.47. The Balaban J connectivity index is 3.71. The van der Waals surface area contributed by atoms with E-state index in [1.54, 1.807) is 0 Å². The van der Waals surface area contributed by atoms with Gasteiger partial charge >= 0.3 is 11.8 Å². The summed E-state index contributed by atoms with van der Waals surface area (Å²) >= 11 is 0. The van der Waals surface area contributed by atoms with Gasteiger partial charge in [-0.05, 0) is 13.3 Å². The van der Waals surface area contributed by atoms with E-state index in [0.717, 1.165) is 6.42 Å². The minimum Gasteiger partial charge on any atom is -0.355 e. The van der Waals surface area contributed by atoms with Crippen LogP contribution in [0.5, 0.6) is 0 Å². The molecule has 3 amide bonds. The molecule has 0 saturated heterocycles. The number of carbonyl (C=O) groups excluding carboxylic acids is 3. The number of hydrogen-bond acceptors (Lipinski definition) is 3. The molecule has 0 saturated carbocycles. The Labute approximate surface area is 95.2 Å². The van der Waals surface area contributed by atoms with Crippen LogP contribution in [-0.4, -0.2) is 36.9 Å². The van der Waals surface area contributed by atoms with Crippen LogP contribution in [0.25, 0.3) is 0 Å². The number of rotatable bonds is 5. The van der Waals surface area contributed by atoms with Crippen LogP contribution in [0.2, 0.25) is 0 Å². The summed E-state index contributed by atoms with van der Waals surface area (Å²) in [4.78, 5) is 32.9. The molecule has 0 radical (unpaired) electrons. The third-order valence-electron chi connectivity index (χ3n) is 1.98. The summed E-state index contributed by atoms with van der Waals surface area (Å²) in [6, 6.07) is -0.0198. The van der Waals surface area contributed by atoms with Crippen LogP contribution in [-0.2, 0) is 14.4 Å². The molecule has 0 aromatic rings. The molecule has 6 nitrogen and oxygen atoms in total. The summed E-state index contributed by atoms with van der Waals surface area (Å²) in [5, 5.41) is 7.45. The SMILES string of the molecule is CCC(C)NC(=O)C(=O)NCCNC(C)=O. The van der Waals surface area contributed by atoms with Crippen molar-refractivity contribution >= 4 is 17.7 Å². The first-order valence-electron chi connectivity index (χ1n) is 5.30. The van der Waals surface area contributed by atoms with Gasteiger partial charge in [0.1, 0.15) is 0 Å². The van der Waals surface area contributed by atoms with Gasteiger partial charge in [0, 0.05) is 26.1 Å². The van der Waals surface area contributed by atoms with E-state index in [0.29, 0.717) is 6.54 Å². The second-order valence-corrected chi connectivity index (χ2v) is 3.52. The molecule has 0 aliphatic rings. The topological polar surface area (TPSA) is 87.3 Å². The highest BCUT2D eigenvalue weighted by Crippen LogP contribution is 1.86. The van der Waals surface area contributed by atoms with Crippen LogP contribution >= 0.6 is 0 Å².